The second-order valence-corrected chi connectivity index (χ2v) is 11.9. The van der Waals surface area contributed by atoms with Crippen molar-refractivity contribution in [1.82, 2.24) is 24.8 Å². The van der Waals surface area contributed by atoms with Crippen LogP contribution in [0.4, 0.5) is 0 Å². The molecule has 2 amide bonds. The fourth-order valence-corrected chi connectivity index (χ4v) is 5.18. The zero-order valence-electron chi connectivity index (χ0n) is 28.3. The molecule has 258 valence electrons. The second kappa shape index (κ2) is 16.9. The molecular formula is C40H36ClN5O5. The molecule has 0 bridgehead atoms. The van der Waals surface area contributed by atoms with E-state index in [1.54, 1.807) is 49.8 Å². The minimum absolute atomic E-state index is 0.0692. The van der Waals surface area contributed by atoms with E-state index >= 15 is 0 Å². The van der Waals surface area contributed by atoms with Crippen LogP contribution in [-0.2, 0) is 13.1 Å². The van der Waals surface area contributed by atoms with Crippen LogP contribution in [0.5, 0.6) is 5.75 Å². The summed E-state index contributed by atoms with van der Waals surface area (Å²) < 4.78 is 7.96. The maximum Gasteiger partial charge on any atom is 0.269 e. The van der Waals surface area contributed by atoms with E-state index in [-0.39, 0.29) is 16.7 Å². The summed E-state index contributed by atoms with van der Waals surface area (Å²) in [5, 5.41) is 6.17. The third-order valence-corrected chi connectivity index (χ3v) is 8.01. The quantitative estimate of drug-likeness (QED) is 0.185. The van der Waals surface area contributed by atoms with Crippen molar-refractivity contribution in [2.45, 2.75) is 26.9 Å². The molecule has 0 fully saturated rings. The van der Waals surface area contributed by atoms with Gasteiger partial charge in [0.1, 0.15) is 22.7 Å². The Kier molecular flexibility index (Phi) is 11.9. The Morgan fingerprint density at radius 2 is 1.24 bits per heavy atom. The fourth-order valence-electron chi connectivity index (χ4n) is 5.06. The number of carbonyl (C=O) groups excluding carboxylic acids is 2. The lowest BCUT2D eigenvalue weighted by Gasteiger charge is -2.10. The van der Waals surface area contributed by atoms with Gasteiger partial charge in [-0.3, -0.25) is 28.3 Å². The maximum atomic E-state index is 12.7. The molecule has 0 spiro atoms. The molecule has 0 saturated heterocycles. The number of ether oxygens (including phenoxy) is 1. The van der Waals surface area contributed by atoms with E-state index in [0.717, 1.165) is 33.8 Å². The normalized spacial score (nSPS) is 10.4. The fraction of sp³-hybridized carbons (Fsp3) is 0.125. The molecule has 6 rings (SSSR count). The predicted molar refractivity (Wildman–Crippen MR) is 198 cm³/mol. The Morgan fingerprint density at radius 3 is 1.80 bits per heavy atom. The van der Waals surface area contributed by atoms with Gasteiger partial charge in [-0.1, -0.05) is 54.1 Å². The lowest BCUT2D eigenvalue weighted by molar-refractivity contribution is 0.0941. The maximum absolute atomic E-state index is 12.7. The summed E-state index contributed by atoms with van der Waals surface area (Å²) >= 11 is 5.84. The summed E-state index contributed by atoms with van der Waals surface area (Å²) in [5.41, 5.74) is 3.83. The monoisotopic (exact) mass is 701 g/mol. The Bertz CT molecular complexity index is 2260. The zero-order chi connectivity index (χ0) is 36.3. The van der Waals surface area contributed by atoms with Crippen molar-refractivity contribution in [3.05, 3.63) is 187 Å². The average Bonchev–Trinajstić information content (AvgIpc) is 3.14. The number of rotatable bonds is 9. The number of pyridine rings is 3. The number of aromatic nitrogens is 3. The molecule has 3 aromatic heterocycles. The molecule has 0 saturated carbocycles. The molecule has 0 atom stereocenters. The summed E-state index contributed by atoms with van der Waals surface area (Å²) in [6.07, 6.45) is 3.26. The number of carbonyl (C=O) groups is 2. The van der Waals surface area contributed by atoms with Gasteiger partial charge >= 0.3 is 0 Å². The molecule has 6 aromatic rings. The molecule has 0 aliphatic heterocycles. The highest BCUT2D eigenvalue weighted by Crippen LogP contribution is 2.12. The SMILES string of the molecule is COc1ccc(CNC(=O)c2cccn(-c3cccc(C)c3)c2=O)cc1.Cc1cccc(-n2cccc(C(=O)NCc3ccc(Cl)cc3)c2=O)n1. The lowest BCUT2D eigenvalue weighted by atomic mass is 10.2. The van der Waals surface area contributed by atoms with Crippen LogP contribution in [0.15, 0.2) is 137 Å². The number of hydrogen-bond donors (Lipinski definition) is 2. The molecule has 0 radical (unpaired) electrons. The van der Waals surface area contributed by atoms with Crippen LogP contribution >= 0.6 is 11.6 Å². The summed E-state index contributed by atoms with van der Waals surface area (Å²) in [6.45, 7) is 4.45. The first-order valence-electron chi connectivity index (χ1n) is 16.0. The summed E-state index contributed by atoms with van der Waals surface area (Å²) in [5.74, 6) is 0.413. The van der Waals surface area contributed by atoms with Gasteiger partial charge in [0.2, 0.25) is 0 Å². The predicted octanol–water partition coefficient (Wildman–Crippen LogP) is 6.21. The zero-order valence-corrected chi connectivity index (χ0v) is 29.1. The van der Waals surface area contributed by atoms with E-state index in [4.69, 9.17) is 16.3 Å². The topological polar surface area (TPSA) is 124 Å². The van der Waals surface area contributed by atoms with Gasteiger partial charge in [0.05, 0.1) is 7.11 Å². The van der Waals surface area contributed by atoms with Gasteiger partial charge in [-0.25, -0.2) is 4.98 Å². The molecule has 0 aliphatic rings. The molecular weight excluding hydrogens is 666 g/mol. The number of hydrogen-bond acceptors (Lipinski definition) is 6. The van der Waals surface area contributed by atoms with E-state index < -0.39 is 17.4 Å². The molecule has 3 aromatic carbocycles. The van der Waals surface area contributed by atoms with E-state index in [9.17, 15) is 19.2 Å². The van der Waals surface area contributed by atoms with Gasteiger partial charge in [0, 0.05) is 41.9 Å². The standard InChI is InChI=1S/C21H20N2O3.C19H16ClN3O2/c1-15-5-3-6-17(13-15)23-12-4-7-19(21(23)25)20(24)22-14-16-8-10-18(26-2)11-9-16;1-13-4-2-6-17(22-13)23-11-3-5-16(19(23)25)18(24)21-12-14-7-9-15(20)10-8-14/h3-13H,14H2,1-2H3,(H,22,24);2-11H,12H2,1H3,(H,21,24). The summed E-state index contributed by atoms with van der Waals surface area (Å²) in [7, 11) is 1.60. The smallest absolute Gasteiger partial charge is 0.269 e. The van der Waals surface area contributed by atoms with Gasteiger partial charge in [-0.15, -0.1) is 0 Å². The number of methoxy groups -OCH3 is 1. The number of aryl methyl sites for hydroxylation is 2. The minimum Gasteiger partial charge on any atom is -0.497 e. The molecule has 11 heteroatoms. The van der Waals surface area contributed by atoms with Crippen LogP contribution in [0.2, 0.25) is 5.02 Å². The van der Waals surface area contributed by atoms with Crippen molar-refractivity contribution in [1.29, 1.82) is 0 Å². The van der Waals surface area contributed by atoms with E-state index in [1.807, 2.05) is 86.6 Å². The van der Waals surface area contributed by atoms with E-state index in [1.165, 1.54) is 21.3 Å². The van der Waals surface area contributed by atoms with Crippen molar-refractivity contribution >= 4 is 23.4 Å². The van der Waals surface area contributed by atoms with Crippen molar-refractivity contribution in [2.75, 3.05) is 7.11 Å². The molecule has 0 aliphatic carbocycles. The van der Waals surface area contributed by atoms with Crippen LogP contribution in [0, 0.1) is 13.8 Å². The first-order chi connectivity index (χ1) is 24.6. The van der Waals surface area contributed by atoms with Crippen molar-refractivity contribution in [3.63, 3.8) is 0 Å². The van der Waals surface area contributed by atoms with Crippen LogP contribution in [0.3, 0.4) is 0 Å². The van der Waals surface area contributed by atoms with Crippen LogP contribution in [0.25, 0.3) is 11.5 Å². The first kappa shape index (κ1) is 36.0. The Balaban J connectivity index is 0.000000198. The Morgan fingerprint density at radius 1 is 0.686 bits per heavy atom. The molecule has 10 nitrogen and oxygen atoms in total. The van der Waals surface area contributed by atoms with Gasteiger partial charge in [-0.05, 0) is 103 Å². The van der Waals surface area contributed by atoms with Crippen molar-refractivity contribution in [3.8, 4) is 17.3 Å². The third kappa shape index (κ3) is 9.46. The largest absolute Gasteiger partial charge is 0.497 e. The van der Waals surface area contributed by atoms with E-state index in [2.05, 4.69) is 15.6 Å². The van der Waals surface area contributed by atoms with Crippen LogP contribution in [0.1, 0.15) is 43.1 Å². The molecule has 2 N–H and O–H groups in total. The highest BCUT2D eigenvalue weighted by molar-refractivity contribution is 6.30. The number of halogens is 1. The number of benzene rings is 3. The summed E-state index contributed by atoms with van der Waals surface area (Å²) in [4.78, 5) is 54.5. The van der Waals surface area contributed by atoms with Crippen molar-refractivity contribution < 1.29 is 14.3 Å². The lowest BCUT2D eigenvalue weighted by Crippen LogP contribution is -2.32. The van der Waals surface area contributed by atoms with Crippen LogP contribution in [-0.4, -0.2) is 33.0 Å². The second-order valence-electron chi connectivity index (χ2n) is 11.5. The number of nitrogens with one attached hydrogen (secondary N) is 2. The van der Waals surface area contributed by atoms with Crippen LogP contribution < -0.4 is 26.5 Å². The van der Waals surface area contributed by atoms with Gasteiger partial charge in [0.25, 0.3) is 22.9 Å². The Labute approximate surface area is 300 Å². The minimum atomic E-state index is -0.429. The highest BCUT2D eigenvalue weighted by atomic mass is 35.5. The number of nitrogens with zero attached hydrogens (tertiary/aromatic N) is 3. The number of amides is 2. The van der Waals surface area contributed by atoms with Gasteiger partial charge in [0.15, 0.2) is 0 Å². The first-order valence-corrected chi connectivity index (χ1v) is 16.4. The molecule has 3 heterocycles. The molecule has 0 unspecified atom stereocenters. The van der Waals surface area contributed by atoms with E-state index in [0.29, 0.717) is 23.9 Å². The van der Waals surface area contributed by atoms with Gasteiger partial charge in [-0.2, -0.15) is 0 Å². The average molecular weight is 702 g/mol. The van der Waals surface area contributed by atoms with Gasteiger partial charge < -0.3 is 15.4 Å². The third-order valence-electron chi connectivity index (χ3n) is 7.76. The summed E-state index contributed by atoms with van der Waals surface area (Å²) in [6, 6.07) is 33.9. The Hall–Kier alpha value is -6.26. The molecule has 51 heavy (non-hydrogen) atoms. The highest BCUT2D eigenvalue weighted by Gasteiger charge is 2.14. The van der Waals surface area contributed by atoms with Crippen molar-refractivity contribution in [2.24, 2.45) is 0 Å².